The summed E-state index contributed by atoms with van der Waals surface area (Å²) in [6.07, 6.45) is 2.78. The van der Waals surface area contributed by atoms with Gasteiger partial charge in [-0.05, 0) is 40.0 Å². The first-order chi connectivity index (χ1) is 7.25. The highest BCUT2D eigenvalue weighted by molar-refractivity contribution is 7.80. The Morgan fingerprint density at radius 2 is 2.12 bits per heavy atom. The highest BCUT2D eigenvalue weighted by Crippen LogP contribution is 2.34. The summed E-state index contributed by atoms with van der Waals surface area (Å²) in [5.74, 6) is 0.0880. The average Bonchev–Trinajstić information content (AvgIpc) is 2.55. The molecule has 0 aromatic carbocycles. The van der Waals surface area contributed by atoms with Gasteiger partial charge in [-0.25, -0.2) is 0 Å². The molecule has 1 fully saturated rings. The Labute approximate surface area is 103 Å². The van der Waals surface area contributed by atoms with E-state index in [0.717, 1.165) is 19.4 Å². The van der Waals surface area contributed by atoms with Crippen LogP contribution in [0.5, 0.6) is 0 Å². The number of nitrogens with two attached hydrogens (primary N) is 1. The summed E-state index contributed by atoms with van der Waals surface area (Å²) < 4.78 is 0. The lowest BCUT2D eigenvalue weighted by atomic mass is 9.84. The predicted octanol–water partition coefficient (Wildman–Crippen LogP) is 2.09. The number of rotatable bonds is 3. The molecule has 0 aromatic heterocycles. The van der Waals surface area contributed by atoms with Gasteiger partial charge in [0.25, 0.3) is 0 Å². The maximum absolute atomic E-state index is 12.5. The molecule has 1 saturated heterocycles. The van der Waals surface area contributed by atoms with Crippen molar-refractivity contribution in [2.24, 2.45) is 11.1 Å². The lowest BCUT2D eigenvalue weighted by Gasteiger charge is -2.38. The van der Waals surface area contributed by atoms with Gasteiger partial charge >= 0.3 is 0 Å². The SMILES string of the molecule is CCC(C)(C(=O)N1CCCC1(C)C)C(N)=S. The number of nitrogens with zero attached hydrogens (tertiary/aromatic N) is 1. The lowest BCUT2D eigenvalue weighted by Crippen LogP contribution is -2.53. The van der Waals surface area contributed by atoms with Crippen LogP contribution in [-0.4, -0.2) is 27.9 Å². The van der Waals surface area contributed by atoms with Crippen LogP contribution in [0.25, 0.3) is 0 Å². The monoisotopic (exact) mass is 242 g/mol. The Balaban J connectivity index is 2.97. The fraction of sp³-hybridized carbons (Fsp3) is 0.833. The quantitative estimate of drug-likeness (QED) is 0.771. The molecular weight excluding hydrogens is 220 g/mol. The molecular formula is C12H22N2OS. The number of hydrogen-bond donors (Lipinski definition) is 1. The Morgan fingerprint density at radius 3 is 2.44 bits per heavy atom. The van der Waals surface area contributed by atoms with Gasteiger partial charge in [0.1, 0.15) is 0 Å². The third-order valence-electron chi connectivity index (χ3n) is 3.87. The zero-order chi connectivity index (χ0) is 12.6. The van der Waals surface area contributed by atoms with Gasteiger partial charge < -0.3 is 10.6 Å². The van der Waals surface area contributed by atoms with Crippen molar-refractivity contribution < 1.29 is 4.79 Å². The molecule has 2 N–H and O–H groups in total. The standard InChI is InChI=1S/C12H22N2OS/c1-5-12(4,9(13)16)10(15)14-8-6-7-11(14,2)3/h5-8H2,1-4H3,(H2,13,16). The van der Waals surface area contributed by atoms with Crippen molar-refractivity contribution in [3.05, 3.63) is 0 Å². The molecule has 0 aromatic rings. The van der Waals surface area contributed by atoms with Crippen molar-refractivity contribution in [1.82, 2.24) is 4.90 Å². The Hall–Kier alpha value is -0.640. The number of carbonyl (C=O) groups is 1. The van der Waals surface area contributed by atoms with Crippen LogP contribution in [0.1, 0.15) is 47.0 Å². The van der Waals surface area contributed by atoms with Gasteiger partial charge in [-0.1, -0.05) is 19.1 Å². The molecule has 92 valence electrons. The summed E-state index contributed by atoms with van der Waals surface area (Å²) in [6.45, 7) is 8.84. The maximum Gasteiger partial charge on any atom is 0.235 e. The van der Waals surface area contributed by atoms with E-state index in [1.807, 2.05) is 18.7 Å². The van der Waals surface area contributed by atoms with Crippen LogP contribution in [0.3, 0.4) is 0 Å². The molecule has 1 atom stereocenters. The average molecular weight is 242 g/mol. The topological polar surface area (TPSA) is 46.3 Å². The molecule has 1 unspecified atom stereocenters. The summed E-state index contributed by atoms with van der Waals surface area (Å²) in [5.41, 5.74) is 4.98. The molecule has 1 amide bonds. The van der Waals surface area contributed by atoms with E-state index in [-0.39, 0.29) is 11.4 Å². The van der Waals surface area contributed by atoms with Crippen LogP contribution >= 0.6 is 12.2 Å². The summed E-state index contributed by atoms with van der Waals surface area (Å²) in [6, 6.07) is 0. The van der Waals surface area contributed by atoms with Crippen molar-refractivity contribution in [1.29, 1.82) is 0 Å². The first kappa shape index (κ1) is 13.4. The van der Waals surface area contributed by atoms with E-state index in [2.05, 4.69) is 13.8 Å². The lowest BCUT2D eigenvalue weighted by molar-refractivity contribution is -0.141. The number of carbonyl (C=O) groups excluding carboxylic acids is 1. The molecule has 1 rings (SSSR count). The fourth-order valence-corrected chi connectivity index (χ4v) is 2.44. The molecule has 16 heavy (non-hydrogen) atoms. The minimum Gasteiger partial charge on any atom is -0.392 e. The van der Waals surface area contributed by atoms with Gasteiger partial charge in [-0.3, -0.25) is 4.79 Å². The van der Waals surface area contributed by atoms with Gasteiger partial charge in [0, 0.05) is 12.1 Å². The Morgan fingerprint density at radius 1 is 1.56 bits per heavy atom. The molecule has 0 saturated carbocycles. The third-order valence-corrected chi connectivity index (χ3v) is 4.32. The summed E-state index contributed by atoms with van der Waals surface area (Å²) in [7, 11) is 0. The first-order valence-electron chi connectivity index (χ1n) is 5.87. The van der Waals surface area contributed by atoms with E-state index in [4.69, 9.17) is 18.0 Å². The summed E-state index contributed by atoms with van der Waals surface area (Å²) >= 11 is 5.05. The van der Waals surface area contributed by atoms with E-state index in [0.29, 0.717) is 11.4 Å². The van der Waals surface area contributed by atoms with E-state index < -0.39 is 5.41 Å². The van der Waals surface area contributed by atoms with Crippen molar-refractivity contribution in [2.45, 2.75) is 52.5 Å². The first-order valence-corrected chi connectivity index (χ1v) is 6.28. The van der Waals surface area contributed by atoms with Crippen molar-refractivity contribution in [3.8, 4) is 0 Å². The molecule has 0 aliphatic carbocycles. The van der Waals surface area contributed by atoms with Gasteiger partial charge in [-0.15, -0.1) is 0 Å². The predicted molar refractivity (Wildman–Crippen MR) is 70.2 cm³/mol. The maximum atomic E-state index is 12.5. The van der Waals surface area contributed by atoms with Crippen LogP contribution in [0.15, 0.2) is 0 Å². The zero-order valence-corrected chi connectivity index (χ0v) is 11.5. The van der Waals surface area contributed by atoms with E-state index in [1.165, 1.54) is 0 Å². The molecule has 1 aliphatic heterocycles. The Kier molecular flexibility index (Phi) is 3.62. The minimum absolute atomic E-state index is 0.0572. The molecule has 0 spiro atoms. The molecule has 0 bridgehead atoms. The van der Waals surface area contributed by atoms with Gasteiger partial charge in [-0.2, -0.15) is 0 Å². The second kappa shape index (κ2) is 4.32. The number of thiocarbonyl (C=S) groups is 1. The van der Waals surface area contributed by atoms with Crippen molar-refractivity contribution in [3.63, 3.8) is 0 Å². The van der Waals surface area contributed by atoms with Gasteiger partial charge in [0.2, 0.25) is 5.91 Å². The minimum atomic E-state index is -0.684. The second-order valence-corrected chi connectivity index (χ2v) is 5.86. The van der Waals surface area contributed by atoms with Crippen LogP contribution in [-0.2, 0) is 4.79 Å². The van der Waals surface area contributed by atoms with Crippen LogP contribution in [0, 0.1) is 5.41 Å². The third kappa shape index (κ3) is 2.08. The molecule has 1 heterocycles. The molecule has 1 aliphatic rings. The van der Waals surface area contributed by atoms with Crippen LogP contribution < -0.4 is 5.73 Å². The number of amides is 1. The van der Waals surface area contributed by atoms with E-state index in [1.54, 1.807) is 0 Å². The highest BCUT2D eigenvalue weighted by Gasteiger charge is 2.44. The molecule has 0 radical (unpaired) electrons. The zero-order valence-electron chi connectivity index (χ0n) is 10.7. The van der Waals surface area contributed by atoms with Gasteiger partial charge in [0.15, 0.2) is 0 Å². The second-order valence-electron chi connectivity index (χ2n) is 5.42. The Bertz CT molecular complexity index is 314. The van der Waals surface area contributed by atoms with Gasteiger partial charge in [0.05, 0.1) is 10.4 Å². The summed E-state index contributed by atoms with van der Waals surface area (Å²) in [4.78, 5) is 14.8. The highest BCUT2D eigenvalue weighted by atomic mass is 32.1. The van der Waals surface area contributed by atoms with Crippen LogP contribution in [0.2, 0.25) is 0 Å². The smallest absolute Gasteiger partial charge is 0.235 e. The van der Waals surface area contributed by atoms with Crippen LogP contribution in [0.4, 0.5) is 0 Å². The largest absolute Gasteiger partial charge is 0.392 e. The van der Waals surface area contributed by atoms with E-state index >= 15 is 0 Å². The molecule has 3 nitrogen and oxygen atoms in total. The van der Waals surface area contributed by atoms with E-state index in [9.17, 15) is 4.79 Å². The normalized spacial score (nSPS) is 22.9. The van der Waals surface area contributed by atoms with Crippen molar-refractivity contribution >= 4 is 23.1 Å². The fourth-order valence-electron chi connectivity index (χ4n) is 2.21. The van der Waals surface area contributed by atoms with Crippen molar-refractivity contribution in [2.75, 3.05) is 6.54 Å². The molecule has 4 heteroatoms. The summed E-state index contributed by atoms with van der Waals surface area (Å²) in [5, 5.41) is 0. The number of likely N-dealkylation sites (tertiary alicyclic amines) is 1. The number of hydrogen-bond acceptors (Lipinski definition) is 2.